The number of benzene rings is 2. The lowest BCUT2D eigenvalue weighted by molar-refractivity contribution is -0.0249. The highest BCUT2D eigenvalue weighted by Crippen LogP contribution is 2.40. The van der Waals surface area contributed by atoms with E-state index in [0.717, 1.165) is 30.3 Å². The average Bonchev–Trinajstić information content (AvgIpc) is 3.40. The van der Waals surface area contributed by atoms with Crippen LogP contribution in [-0.4, -0.2) is 34.8 Å². The van der Waals surface area contributed by atoms with Crippen molar-refractivity contribution in [3.63, 3.8) is 0 Å². The van der Waals surface area contributed by atoms with Gasteiger partial charge in [0, 0.05) is 17.8 Å². The smallest absolute Gasteiger partial charge is 0.334 e. The van der Waals surface area contributed by atoms with Crippen molar-refractivity contribution in [2.75, 3.05) is 6.01 Å². The molecule has 0 spiro atoms. The lowest BCUT2D eigenvalue weighted by Crippen LogP contribution is -2.45. The first kappa shape index (κ1) is 23.2. The zero-order chi connectivity index (χ0) is 25.3. The van der Waals surface area contributed by atoms with Crippen molar-refractivity contribution in [3.05, 3.63) is 70.2 Å². The second kappa shape index (κ2) is 7.71. The van der Waals surface area contributed by atoms with Crippen LogP contribution >= 0.6 is 0 Å². The van der Waals surface area contributed by atoms with Gasteiger partial charge in [-0.15, -0.1) is 0 Å². The Hall–Kier alpha value is -3.59. The topological polar surface area (TPSA) is 99.1 Å². The summed E-state index contributed by atoms with van der Waals surface area (Å²) in [6.07, 6.45) is 0.647. The molecule has 5 rings (SSSR count). The standard InChI is InChI=1S/C20H12F6N4O4S/c21-8-35(32,33)28-14-6-29-15(20(14,25)26)7-30(19(29)31)18-17-10(4-9(22)5-13(17)34-27-18)16-11(23)2-1-3-12(16)24/h1-5,7,14,28H,6,8H2/t14-/m1/s1. The van der Waals surface area contributed by atoms with E-state index < -0.39 is 74.8 Å². The summed E-state index contributed by atoms with van der Waals surface area (Å²) in [6.45, 7) is -0.841. The van der Waals surface area contributed by atoms with E-state index >= 15 is 0 Å². The van der Waals surface area contributed by atoms with Gasteiger partial charge < -0.3 is 4.52 Å². The molecule has 0 radical (unpaired) electrons. The van der Waals surface area contributed by atoms with Crippen LogP contribution in [0.15, 0.2) is 45.8 Å². The van der Waals surface area contributed by atoms with Crippen molar-refractivity contribution in [1.29, 1.82) is 0 Å². The SMILES string of the molecule is O=c1n(-c2noc3cc(F)cc(-c4c(F)cccc4F)c23)cc2n1C[C@@H](NS(=O)(=O)CF)C2(F)F. The van der Waals surface area contributed by atoms with Crippen LogP contribution in [0.25, 0.3) is 27.9 Å². The first-order chi connectivity index (χ1) is 16.4. The molecule has 2 aromatic carbocycles. The number of fused-ring (bicyclic) bond motifs is 2. The van der Waals surface area contributed by atoms with Crippen molar-refractivity contribution >= 4 is 21.0 Å². The van der Waals surface area contributed by atoms with Gasteiger partial charge in [-0.25, -0.2) is 40.1 Å². The number of rotatable bonds is 5. The van der Waals surface area contributed by atoms with Crippen LogP contribution in [0.2, 0.25) is 0 Å². The monoisotopic (exact) mass is 518 g/mol. The third-order valence-electron chi connectivity index (χ3n) is 5.57. The zero-order valence-electron chi connectivity index (χ0n) is 17.1. The maximum Gasteiger partial charge on any atom is 0.334 e. The second-order valence-electron chi connectivity index (χ2n) is 7.72. The highest BCUT2D eigenvalue weighted by atomic mass is 32.2. The van der Waals surface area contributed by atoms with Crippen molar-refractivity contribution in [2.45, 2.75) is 18.5 Å². The molecule has 1 aliphatic heterocycles. The molecule has 15 heteroatoms. The molecular weight excluding hydrogens is 506 g/mol. The summed E-state index contributed by atoms with van der Waals surface area (Å²) in [6, 6.07) is 0.454. The number of hydrogen-bond donors (Lipinski definition) is 1. The van der Waals surface area contributed by atoms with E-state index in [-0.39, 0.29) is 16.5 Å². The molecule has 1 atom stereocenters. The molecular formula is C20H12F6N4O4S. The summed E-state index contributed by atoms with van der Waals surface area (Å²) in [5.74, 6) is -7.46. The van der Waals surface area contributed by atoms with Crippen molar-refractivity contribution in [3.8, 4) is 16.9 Å². The molecule has 1 aliphatic rings. The van der Waals surface area contributed by atoms with Gasteiger partial charge in [-0.1, -0.05) is 11.2 Å². The lowest BCUT2D eigenvalue weighted by atomic mass is 10.00. The van der Waals surface area contributed by atoms with Crippen LogP contribution in [-0.2, 0) is 22.5 Å². The average molecular weight is 518 g/mol. The predicted molar refractivity (Wildman–Crippen MR) is 109 cm³/mol. The Morgan fingerprint density at radius 2 is 1.86 bits per heavy atom. The number of sulfonamides is 1. The van der Waals surface area contributed by atoms with Crippen LogP contribution in [0.4, 0.5) is 26.3 Å². The first-order valence-corrected chi connectivity index (χ1v) is 11.4. The van der Waals surface area contributed by atoms with E-state index in [0.29, 0.717) is 15.3 Å². The normalized spacial score (nSPS) is 17.3. The fourth-order valence-electron chi connectivity index (χ4n) is 4.05. The number of imidazole rings is 1. The number of halogens is 6. The summed E-state index contributed by atoms with van der Waals surface area (Å²) in [5, 5.41) is 3.39. The molecule has 0 unspecified atom stereocenters. The van der Waals surface area contributed by atoms with Crippen molar-refractivity contribution < 1.29 is 39.3 Å². The largest absolute Gasteiger partial charge is 0.354 e. The van der Waals surface area contributed by atoms with E-state index in [2.05, 4.69) is 5.16 Å². The lowest BCUT2D eigenvalue weighted by Gasteiger charge is -2.18. The molecule has 1 N–H and O–H groups in total. The molecule has 184 valence electrons. The number of alkyl halides is 3. The molecule has 4 aromatic rings. The summed E-state index contributed by atoms with van der Waals surface area (Å²) in [4.78, 5) is 13.0. The summed E-state index contributed by atoms with van der Waals surface area (Å²) >= 11 is 0. The Morgan fingerprint density at radius 1 is 1.17 bits per heavy atom. The van der Waals surface area contributed by atoms with Crippen LogP contribution in [0.1, 0.15) is 5.69 Å². The van der Waals surface area contributed by atoms with Gasteiger partial charge in [0.2, 0.25) is 16.0 Å². The predicted octanol–water partition coefficient (Wildman–Crippen LogP) is 3.18. The fourth-order valence-corrected chi connectivity index (χ4v) is 4.77. The molecule has 0 fully saturated rings. The van der Waals surface area contributed by atoms with E-state index in [1.165, 1.54) is 4.72 Å². The Bertz CT molecular complexity index is 1640. The van der Waals surface area contributed by atoms with Gasteiger partial charge in [0.15, 0.2) is 11.4 Å². The van der Waals surface area contributed by atoms with E-state index in [1.54, 1.807) is 0 Å². The minimum atomic E-state index is -4.67. The summed E-state index contributed by atoms with van der Waals surface area (Å²) in [7, 11) is -4.67. The summed E-state index contributed by atoms with van der Waals surface area (Å²) in [5.41, 5.74) is -3.42. The Morgan fingerprint density at radius 3 is 2.49 bits per heavy atom. The van der Waals surface area contributed by atoms with Gasteiger partial charge in [0.05, 0.1) is 17.5 Å². The minimum Gasteiger partial charge on any atom is -0.354 e. The Labute approximate surface area is 191 Å². The minimum absolute atomic E-state index is 0.236. The quantitative estimate of drug-likeness (QED) is 0.410. The van der Waals surface area contributed by atoms with Crippen molar-refractivity contribution in [1.82, 2.24) is 19.0 Å². The Kier molecular flexibility index (Phi) is 5.10. The number of nitrogens with one attached hydrogen (secondary N) is 1. The van der Waals surface area contributed by atoms with E-state index in [1.807, 2.05) is 0 Å². The van der Waals surface area contributed by atoms with Gasteiger partial charge in [-0.3, -0.25) is 4.57 Å². The Balaban J connectivity index is 1.69. The first-order valence-electron chi connectivity index (χ1n) is 9.74. The number of hydrogen-bond acceptors (Lipinski definition) is 5. The summed E-state index contributed by atoms with van der Waals surface area (Å²) < 4.78 is 116. The molecule has 8 nitrogen and oxygen atoms in total. The third kappa shape index (κ3) is 3.53. The van der Waals surface area contributed by atoms with Gasteiger partial charge in [0.25, 0.3) is 0 Å². The molecule has 0 saturated heterocycles. The number of aromatic nitrogens is 3. The molecule has 0 bridgehead atoms. The maximum atomic E-state index is 14.9. The molecule has 3 heterocycles. The van der Waals surface area contributed by atoms with Crippen LogP contribution < -0.4 is 10.4 Å². The highest BCUT2D eigenvalue weighted by Gasteiger charge is 2.52. The van der Waals surface area contributed by atoms with E-state index in [4.69, 9.17) is 4.52 Å². The van der Waals surface area contributed by atoms with Gasteiger partial charge >= 0.3 is 11.6 Å². The second-order valence-corrected chi connectivity index (χ2v) is 9.41. The van der Waals surface area contributed by atoms with Crippen LogP contribution in [0.3, 0.4) is 0 Å². The molecule has 0 aliphatic carbocycles. The maximum absolute atomic E-state index is 14.9. The van der Waals surface area contributed by atoms with Gasteiger partial charge in [-0.2, -0.15) is 8.78 Å². The molecule has 0 amide bonds. The van der Waals surface area contributed by atoms with Gasteiger partial charge in [-0.05, 0) is 18.2 Å². The molecule has 0 saturated carbocycles. The van der Waals surface area contributed by atoms with Crippen LogP contribution in [0, 0.1) is 17.5 Å². The fraction of sp³-hybridized carbons (Fsp3) is 0.200. The zero-order valence-corrected chi connectivity index (χ0v) is 17.9. The van der Waals surface area contributed by atoms with Crippen LogP contribution in [0.5, 0.6) is 0 Å². The highest BCUT2D eigenvalue weighted by molar-refractivity contribution is 7.89. The molecule has 35 heavy (non-hydrogen) atoms. The van der Waals surface area contributed by atoms with E-state index in [9.17, 15) is 39.6 Å². The van der Waals surface area contributed by atoms with Gasteiger partial charge in [0.1, 0.15) is 29.2 Å². The van der Waals surface area contributed by atoms with Crippen molar-refractivity contribution in [2.24, 2.45) is 0 Å². The number of nitrogens with zero attached hydrogens (tertiary/aromatic N) is 3. The third-order valence-corrected chi connectivity index (χ3v) is 6.50. The molecule has 2 aromatic heterocycles.